The van der Waals surface area contributed by atoms with Crippen LogP contribution in [0.3, 0.4) is 0 Å². The number of carbonyl (C=O) groups is 3. The van der Waals surface area contributed by atoms with Gasteiger partial charge in [-0.1, -0.05) is 30.3 Å². The van der Waals surface area contributed by atoms with Gasteiger partial charge >= 0.3 is 11.7 Å². The molecule has 1 saturated heterocycles. The first kappa shape index (κ1) is 30.8. The largest absolute Gasteiger partial charge is 0.436 e. The quantitative estimate of drug-likeness (QED) is 0.216. The van der Waals surface area contributed by atoms with Crippen LogP contribution in [0.15, 0.2) is 76.4 Å². The van der Waals surface area contributed by atoms with E-state index in [4.69, 9.17) is 4.74 Å². The van der Waals surface area contributed by atoms with Crippen LogP contribution in [0, 0.1) is 6.92 Å². The lowest BCUT2D eigenvalue weighted by molar-refractivity contribution is -0.178. The zero-order valence-corrected chi connectivity index (χ0v) is 25.7. The van der Waals surface area contributed by atoms with Gasteiger partial charge in [-0.15, -0.1) is 0 Å². The highest BCUT2D eigenvalue weighted by Gasteiger charge is 2.55. The third kappa shape index (κ3) is 5.91. The number of amides is 2. The summed E-state index contributed by atoms with van der Waals surface area (Å²) in [5.41, 5.74) is -0.459. The molecule has 4 N–H and O–H groups in total. The van der Waals surface area contributed by atoms with E-state index in [1.165, 1.54) is 10.8 Å². The number of aryl methyl sites for hydroxylation is 1. The smallest absolute Gasteiger partial charge is 0.332 e. The van der Waals surface area contributed by atoms with Crippen LogP contribution in [0.5, 0.6) is 0 Å². The SMILES string of the molecule is Cc1cc(Nc2ccc3ccccc3c2)ccc1C(=O)Nc1cn(C(C)C)c(=O)n(C2(C(=O)N[C@H]3CC(=O)OC(O)C3)CC2)c1=O. The molecule has 1 aliphatic carbocycles. The van der Waals surface area contributed by atoms with E-state index in [-0.39, 0.29) is 37.4 Å². The Balaban J connectivity index is 1.25. The molecule has 2 amide bonds. The summed E-state index contributed by atoms with van der Waals surface area (Å²) in [6.07, 6.45) is 0.229. The van der Waals surface area contributed by atoms with Crippen molar-refractivity contribution in [2.75, 3.05) is 10.6 Å². The molecular weight excluding hydrogens is 590 g/mol. The number of aliphatic hydroxyl groups is 1. The molecule has 6 rings (SSSR count). The summed E-state index contributed by atoms with van der Waals surface area (Å²) >= 11 is 0. The zero-order chi connectivity index (χ0) is 32.7. The van der Waals surface area contributed by atoms with Gasteiger partial charge < -0.3 is 25.8 Å². The molecule has 238 valence electrons. The van der Waals surface area contributed by atoms with E-state index >= 15 is 0 Å². The highest BCUT2D eigenvalue weighted by Crippen LogP contribution is 2.42. The molecule has 2 aliphatic rings. The van der Waals surface area contributed by atoms with E-state index in [0.717, 1.165) is 26.7 Å². The Hall–Kier alpha value is -5.23. The van der Waals surface area contributed by atoms with Gasteiger partial charge in [0.1, 0.15) is 11.2 Å². The molecule has 46 heavy (non-hydrogen) atoms. The van der Waals surface area contributed by atoms with Crippen molar-refractivity contribution in [1.82, 2.24) is 14.5 Å². The number of hydrogen-bond donors (Lipinski definition) is 4. The minimum Gasteiger partial charge on any atom is -0.436 e. The summed E-state index contributed by atoms with van der Waals surface area (Å²) in [6, 6.07) is 18.2. The fraction of sp³-hybridized carbons (Fsp3) is 0.324. The van der Waals surface area contributed by atoms with Gasteiger partial charge in [0, 0.05) is 41.6 Å². The van der Waals surface area contributed by atoms with Crippen LogP contribution in [0.2, 0.25) is 0 Å². The van der Waals surface area contributed by atoms with Gasteiger partial charge in [0.2, 0.25) is 12.2 Å². The Morgan fingerprint density at radius 3 is 2.35 bits per heavy atom. The summed E-state index contributed by atoms with van der Waals surface area (Å²) in [7, 11) is 0. The van der Waals surface area contributed by atoms with Gasteiger partial charge in [0.25, 0.3) is 11.5 Å². The lowest BCUT2D eigenvalue weighted by Gasteiger charge is -2.28. The molecule has 3 aromatic carbocycles. The normalized spacial score (nSPS) is 18.6. The summed E-state index contributed by atoms with van der Waals surface area (Å²) < 4.78 is 6.92. The second-order valence-electron chi connectivity index (χ2n) is 12.2. The van der Waals surface area contributed by atoms with Crippen LogP contribution < -0.4 is 27.2 Å². The summed E-state index contributed by atoms with van der Waals surface area (Å²) in [4.78, 5) is 66.1. The molecule has 0 bridgehead atoms. The molecule has 4 aromatic rings. The van der Waals surface area contributed by atoms with Gasteiger partial charge in [0.05, 0.1) is 6.42 Å². The molecule has 12 nitrogen and oxygen atoms in total. The first-order chi connectivity index (χ1) is 21.9. The number of nitrogens with zero attached hydrogens (tertiary/aromatic N) is 2. The summed E-state index contributed by atoms with van der Waals surface area (Å²) in [5.74, 6) is -1.81. The maximum Gasteiger partial charge on any atom is 0.332 e. The van der Waals surface area contributed by atoms with Crippen molar-refractivity contribution in [2.24, 2.45) is 0 Å². The number of carbonyl (C=O) groups excluding carboxylic acids is 3. The van der Waals surface area contributed by atoms with E-state index in [9.17, 15) is 29.1 Å². The van der Waals surface area contributed by atoms with Crippen molar-refractivity contribution in [2.45, 2.75) is 70.4 Å². The summed E-state index contributed by atoms with van der Waals surface area (Å²) in [5, 5.41) is 20.8. The Morgan fingerprint density at radius 2 is 1.67 bits per heavy atom. The Kier molecular flexibility index (Phi) is 7.99. The highest BCUT2D eigenvalue weighted by atomic mass is 16.6. The predicted octanol–water partition coefficient (Wildman–Crippen LogP) is 3.68. The molecule has 1 saturated carbocycles. The second-order valence-corrected chi connectivity index (χ2v) is 12.2. The monoisotopic (exact) mass is 625 g/mol. The molecule has 0 spiro atoms. The number of aliphatic hydroxyl groups excluding tert-OH is 1. The Morgan fingerprint density at radius 1 is 0.978 bits per heavy atom. The van der Waals surface area contributed by atoms with Crippen LogP contribution in [-0.2, 0) is 19.9 Å². The molecule has 12 heteroatoms. The second kappa shape index (κ2) is 11.9. The molecule has 1 aliphatic heterocycles. The lowest BCUT2D eigenvalue weighted by Crippen LogP contribution is -2.55. The molecule has 0 radical (unpaired) electrons. The predicted molar refractivity (Wildman–Crippen MR) is 172 cm³/mol. The van der Waals surface area contributed by atoms with Crippen LogP contribution in [0.25, 0.3) is 10.8 Å². The van der Waals surface area contributed by atoms with Crippen molar-refractivity contribution >= 4 is 45.6 Å². The molecule has 2 heterocycles. The van der Waals surface area contributed by atoms with E-state index < -0.39 is 46.9 Å². The minimum absolute atomic E-state index is 0.00923. The molecular formula is C34H35N5O7. The summed E-state index contributed by atoms with van der Waals surface area (Å²) in [6.45, 7) is 5.29. The van der Waals surface area contributed by atoms with Gasteiger partial charge in [-0.3, -0.25) is 23.7 Å². The van der Waals surface area contributed by atoms with Gasteiger partial charge in [-0.05, 0) is 80.3 Å². The molecule has 1 aromatic heterocycles. The number of cyclic esters (lactones) is 1. The van der Waals surface area contributed by atoms with Crippen molar-refractivity contribution in [3.63, 3.8) is 0 Å². The number of nitrogens with one attached hydrogen (secondary N) is 3. The standard InChI is InChI=1S/C34H35N5O7/c1-19(2)38-18-27(31(43)39(33(38)45)34(12-13-34)32(44)36-25-16-28(40)46-29(41)17-25)37-30(42)26-11-10-23(14-20(26)3)35-24-9-8-21-6-4-5-7-22(21)15-24/h4-11,14-15,18-19,25,28,35,40H,12-13,16-17H2,1-3H3,(H,36,44)(H,37,42)/t25-,28?/m1/s1. The van der Waals surface area contributed by atoms with Crippen LogP contribution in [-0.4, -0.2) is 44.4 Å². The average molecular weight is 626 g/mol. The van der Waals surface area contributed by atoms with Crippen molar-refractivity contribution in [3.05, 3.63) is 98.8 Å². The number of rotatable bonds is 8. The molecule has 1 unspecified atom stereocenters. The number of ether oxygens (including phenoxy) is 1. The van der Waals surface area contributed by atoms with Crippen molar-refractivity contribution < 1.29 is 24.2 Å². The third-order valence-electron chi connectivity index (χ3n) is 8.50. The van der Waals surface area contributed by atoms with Crippen LogP contribution in [0.4, 0.5) is 17.1 Å². The highest BCUT2D eigenvalue weighted by molar-refractivity contribution is 6.05. The lowest BCUT2D eigenvalue weighted by atomic mass is 10.1. The number of anilines is 3. The van der Waals surface area contributed by atoms with Crippen molar-refractivity contribution in [3.8, 4) is 0 Å². The van der Waals surface area contributed by atoms with E-state index in [1.54, 1.807) is 32.9 Å². The molecule has 2 atom stereocenters. The van der Waals surface area contributed by atoms with E-state index in [2.05, 4.69) is 16.0 Å². The number of benzene rings is 3. The van der Waals surface area contributed by atoms with Crippen LogP contribution in [0.1, 0.15) is 61.5 Å². The Bertz CT molecular complexity index is 1990. The number of fused-ring (bicyclic) bond motifs is 1. The molecule has 2 fully saturated rings. The average Bonchev–Trinajstić information content (AvgIpc) is 3.80. The van der Waals surface area contributed by atoms with E-state index in [1.807, 2.05) is 48.5 Å². The third-order valence-corrected chi connectivity index (χ3v) is 8.50. The maximum absolute atomic E-state index is 13.8. The first-order valence-corrected chi connectivity index (χ1v) is 15.2. The fourth-order valence-electron chi connectivity index (χ4n) is 5.90. The number of esters is 1. The van der Waals surface area contributed by atoms with Gasteiger partial charge in [0.15, 0.2) is 0 Å². The van der Waals surface area contributed by atoms with Gasteiger partial charge in [-0.2, -0.15) is 0 Å². The topological polar surface area (TPSA) is 161 Å². The van der Waals surface area contributed by atoms with E-state index in [0.29, 0.717) is 11.1 Å². The number of hydrogen-bond acceptors (Lipinski definition) is 8. The number of aromatic nitrogens is 2. The maximum atomic E-state index is 13.8. The minimum atomic E-state index is -1.48. The van der Waals surface area contributed by atoms with Crippen molar-refractivity contribution in [1.29, 1.82) is 0 Å². The fourth-order valence-corrected chi connectivity index (χ4v) is 5.90. The van der Waals surface area contributed by atoms with Gasteiger partial charge in [-0.25, -0.2) is 9.36 Å². The zero-order valence-electron chi connectivity index (χ0n) is 25.7. The Labute approximate surface area is 264 Å². The van der Waals surface area contributed by atoms with Crippen LogP contribution >= 0.6 is 0 Å². The first-order valence-electron chi connectivity index (χ1n) is 15.2.